The SMILES string of the molecule is COc1ccccc1NS(=O)(=O)c1cccc(NC(=O)[C@H]2CC(=O)N(Cc3ccccc3)C2)c1. The fourth-order valence-corrected chi connectivity index (χ4v) is 4.94. The molecule has 9 heteroatoms. The average Bonchev–Trinajstić information content (AvgIpc) is 3.20. The number of anilines is 2. The van der Waals surface area contributed by atoms with Crippen molar-refractivity contribution in [2.45, 2.75) is 17.9 Å². The Balaban J connectivity index is 1.43. The molecule has 1 heterocycles. The highest BCUT2D eigenvalue weighted by atomic mass is 32.2. The molecule has 0 aliphatic carbocycles. The van der Waals surface area contributed by atoms with E-state index >= 15 is 0 Å². The lowest BCUT2D eigenvalue weighted by Gasteiger charge is -2.17. The van der Waals surface area contributed by atoms with Crippen LogP contribution < -0.4 is 14.8 Å². The molecule has 176 valence electrons. The van der Waals surface area contributed by atoms with Crippen molar-refractivity contribution in [3.63, 3.8) is 0 Å². The van der Waals surface area contributed by atoms with Crippen LogP contribution in [0.3, 0.4) is 0 Å². The first-order valence-corrected chi connectivity index (χ1v) is 12.2. The van der Waals surface area contributed by atoms with Crippen LogP contribution in [0, 0.1) is 5.92 Å². The highest BCUT2D eigenvalue weighted by Crippen LogP contribution is 2.27. The summed E-state index contributed by atoms with van der Waals surface area (Å²) in [6, 6.07) is 22.3. The Bertz CT molecular complexity index is 1290. The average molecular weight is 480 g/mol. The zero-order valence-electron chi connectivity index (χ0n) is 18.6. The van der Waals surface area contributed by atoms with E-state index in [4.69, 9.17) is 4.74 Å². The number of sulfonamides is 1. The van der Waals surface area contributed by atoms with Gasteiger partial charge in [-0.25, -0.2) is 8.42 Å². The van der Waals surface area contributed by atoms with E-state index in [1.807, 2.05) is 30.3 Å². The second-order valence-electron chi connectivity index (χ2n) is 7.98. The molecule has 1 atom stereocenters. The summed E-state index contributed by atoms with van der Waals surface area (Å²) >= 11 is 0. The topological polar surface area (TPSA) is 105 Å². The van der Waals surface area contributed by atoms with Gasteiger partial charge in [0.1, 0.15) is 5.75 Å². The van der Waals surface area contributed by atoms with Gasteiger partial charge in [-0.15, -0.1) is 0 Å². The maximum atomic E-state index is 12.9. The molecular weight excluding hydrogens is 454 g/mol. The van der Waals surface area contributed by atoms with Crippen molar-refractivity contribution in [3.8, 4) is 5.75 Å². The lowest BCUT2D eigenvalue weighted by Crippen LogP contribution is -2.28. The first-order chi connectivity index (χ1) is 16.4. The summed E-state index contributed by atoms with van der Waals surface area (Å²) in [5.41, 5.74) is 1.64. The van der Waals surface area contributed by atoms with Crippen LogP contribution in [0.5, 0.6) is 5.75 Å². The van der Waals surface area contributed by atoms with Crippen molar-refractivity contribution < 1.29 is 22.7 Å². The Morgan fingerprint density at radius 2 is 1.76 bits per heavy atom. The van der Waals surface area contributed by atoms with Gasteiger partial charge in [-0.2, -0.15) is 0 Å². The van der Waals surface area contributed by atoms with Crippen LogP contribution in [-0.2, 0) is 26.2 Å². The number of methoxy groups -OCH3 is 1. The van der Waals surface area contributed by atoms with Gasteiger partial charge in [0.05, 0.1) is 23.6 Å². The highest BCUT2D eigenvalue weighted by Gasteiger charge is 2.34. The molecule has 2 N–H and O–H groups in total. The Kier molecular flexibility index (Phi) is 6.83. The number of carbonyl (C=O) groups excluding carboxylic acids is 2. The zero-order valence-corrected chi connectivity index (χ0v) is 19.4. The second-order valence-corrected chi connectivity index (χ2v) is 9.67. The number of carbonyl (C=O) groups is 2. The fourth-order valence-electron chi connectivity index (χ4n) is 3.82. The summed E-state index contributed by atoms with van der Waals surface area (Å²) in [5.74, 6) is -0.526. The smallest absolute Gasteiger partial charge is 0.262 e. The van der Waals surface area contributed by atoms with Crippen molar-refractivity contribution in [1.82, 2.24) is 4.90 Å². The van der Waals surface area contributed by atoms with Crippen LogP contribution >= 0.6 is 0 Å². The minimum absolute atomic E-state index is 0.00981. The third kappa shape index (κ3) is 5.37. The van der Waals surface area contributed by atoms with E-state index in [1.165, 1.54) is 19.2 Å². The number of nitrogens with zero attached hydrogens (tertiary/aromatic N) is 1. The Morgan fingerprint density at radius 3 is 2.53 bits per heavy atom. The van der Waals surface area contributed by atoms with Crippen LogP contribution in [0.25, 0.3) is 0 Å². The lowest BCUT2D eigenvalue weighted by atomic mass is 10.1. The molecule has 34 heavy (non-hydrogen) atoms. The number of likely N-dealkylation sites (tertiary alicyclic amines) is 1. The Hall–Kier alpha value is -3.85. The molecule has 4 rings (SSSR count). The summed E-state index contributed by atoms with van der Waals surface area (Å²) in [7, 11) is -2.46. The summed E-state index contributed by atoms with van der Waals surface area (Å²) in [6.07, 6.45) is 0.117. The molecule has 3 aromatic carbocycles. The number of hydrogen-bond donors (Lipinski definition) is 2. The maximum absolute atomic E-state index is 12.9. The number of rotatable bonds is 8. The minimum Gasteiger partial charge on any atom is -0.495 e. The molecule has 1 fully saturated rings. The first-order valence-electron chi connectivity index (χ1n) is 10.7. The quantitative estimate of drug-likeness (QED) is 0.515. The number of benzene rings is 3. The monoisotopic (exact) mass is 479 g/mol. The number of nitrogens with one attached hydrogen (secondary N) is 2. The van der Waals surface area contributed by atoms with E-state index < -0.39 is 15.9 Å². The van der Waals surface area contributed by atoms with Gasteiger partial charge in [0.25, 0.3) is 10.0 Å². The molecule has 1 aliphatic heterocycles. The molecule has 1 aliphatic rings. The van der Waals surface area contributed by atoms with Crippen LogP contribution in [0.1, 0.15) is 12.0 Å². The molecule has 0 unspecified atom stereocenters. The predicted octanol–water partition coefficient (Wildman–Crippen LogP) is 3.48. The van der Waals surface area contributed by atoms with E-state index in [0.29, 0.717) is 30.2 Å². The lowest BCUT2D eigenvalue weighted by molar-refractivity contribution is -0.128. The third-order valence-corrected chi connectivity index (χ3v) is 6.93. The maximum Gasteiger partial charge on any atom is 0.262 e. The molecule has 0 aromatic heterocycles. The van der Waals surface area contributed by atoms with Crippen LogP contribution in [0.2, 0.25) is 0 Å². The number of hydrogen-bond acceptors (Lipinski definition) is 5. The largest absolute Gasteiger partial charge is 0.495 e. The van der Waals surface area contributed by atoms with Gasteiger partial charge >= 0.3 is 0 Å². The van der Waals surface area contributed by atoms with E-state index in [9.17, 15) is 18.0 Å². The van der Waals surface area contributed by atoms with Crippen LogP contribution in [0.15, 0.2) is 83.8 Å². The van der Waals surface area contributed by atoms with Gasteiger partial charge in [-0.05, 0) is 35.9 Å². The Morgan fingerprint density at radius 1 is 1.03 bits per heavy atom. The number of amides is 2. The minimum atomic E-state index is -3.92. The van der Waals surface area contributed by atoms with E-state index in [1.54, 1.807) is 41.3 Å². The molecule has 0 spiro atoms. The summed E-state index contributed by atoms with van der Waals surface area (Å²) in [5, 5.41) is 2.75. The second kappa shape index (κ2) is 9.96. The molecule has 2 amide bonds. The summed E-state index contributed by atoms with van der Waals surface area (Å²) in [4.78, 5) is 26.9. The number of para-hydroxylation sites is 2. The van der Waals surface area contributed by atoms with Crippen LogP contribution in [0.4, 0.5) is 11.4 Å². The van der Waals surface area contributed by atoms with Gasteiger partial charge in [0.2, 0.25) is 11.8 Å². The van der Waals surface area contributed by atoms with E-state index in [0.717, 1.165) is 5.56 Å². The van der Waals surface area contributed by atoms with E-state index in [-0.39, 0.29) is 23.1 Å². The predicted molar refractivity (Wildman–Crippen MR) is 129 cm³/mol. The third-order valence-electron chi connectivity index (χ3n) is 5.56. The standard InChI is InChI=1S/C25H25N3O5S/c1-33-23-13-6-5-12-22(23)27-34(31,32)21-11-7-10-20(15-21)26-25(30)19-14-24(29)28(17-19)16-18-8-3-2-4-9-18/h2-13,15,19,27H,14,16-17H2,1H3,(H,26,30)/t19-/m0/s1. The molecule has 1 saturated heterocycles. The van der Waals surface area contributed by atoms with Crippen molar-refractivity contribution in [1.29, 1.82) is 0 Å². The zero-order chi connectivity index (χ0) is 24.1. The van der Waals surface area contributed by atoms with Gasteiger partial charge < -0.3 is 15.0 Å². The summed E-state index contributed by atoms with van der Waals surface area (Å²) < 4.78 is 33.5. The molecule has 0 saturated carbocycles. The van der Waals surface area contributed by atoms with Crippen molar-refractivity contribution in [2.75, 3.05) is 23.7 Å². The fraction of sp³-hybridized carbons (Fsp3) is 0.200. The van der Waals surface area contributed by atoms with Crippen LogP contribution in [-0.4, -0.2) is 38.8 Å². The molecule has 3 aromatic rings. The number of ether oxygens (including phenoxy) is 1. The first kappa shape index (κ1) is 23.3. The molecular formula is C25H25N3O5S. The molecule has 0 bridgehead atoms. The Labute approximate surface area is 198 Å². The van der Waals surface area contributed by atoms with Gasteiger partial charge in [0, 0.05) is 25.2 Å². The van der Waals surface area contributed by atoms with E-state index in [2.05, 4.69) is 10.0 Å². The van der Waals surface area contributed by atoms with Gasteiger partial charge in [-0.1, -0.05) is 48.5 Å². The van der Waals surface area contributed by atoms with Crippen molar-refractivity contribution in [2.24, 2.45) is 5.92 Å². The summed E-state index contributed by atoms with van der Waals surface area (Å²) in [6.45, 7) is 0.763. The van der Waals surface area contributed by atoms with Crippen molar-refractivity contribution >= 4 is 33.2 Å². The highest BCUT2D eigenvalue weighted by molar-refractivity contribution is 7.92. The van der Waals surface area contributed by atoms with Crippen molar-refractivity contribution in [3.05, 3.63) is 84.4 Å². The van der Waals surface area contributed by atoms with Gasteiger partial charge in [-0.3, -0.25) is 14.3 Å². The molecule has 0 radical (unpaired) electrons. The normalized spacial score (nSPS) is 15.7. The van der Waals surface area contributed by atoms with Gasteiger partial charge in [0.15, 0.2) is 0 Å². The molecule has 8 nitrogen and oxygen atoms in total.